The van der Waals surface area contributed by atoms with Crippen LogP contribution in [-0.2, 0) is 4.74 Å². The molecule has 0 aromatic rings. The van der Waals surface area contributed by atoms with Gasteiger partial charge in [0, 0.05) is 5.57 Å². The smallest absolute Gasteiger partial charge is 0.375 e. The van der Waals surface area contributed by atoms with Gasteiger partial charge in [0.2, 0.25) is 0 Å². The summed E-state index contributed by atoms with van der Waals surface area (Å²) in [5, 5.41) is 0. The molecule has 0 spiro atoms. The van der Waals surface area contributed by atoms with Crippen molar-refractivity contribution in [2.24, 2.45) is 0 Å². The Morgan fingerprint density at radius 1 is 1.12 bits per heavy atom. The van der Waals surface area contributed by atoms with Crippen LogP contribution >= 0.6 is 0 Å². The van der Waals surface area contributed by atoms with E-state index in [1.54, 1.807) is 0 Å². The highest BCUT2D eigenvalue weighted by Crippen LogP contribution is 2.50. The van der Waals surface area contributed by atoms with Crippen molar-refractivity contribution < 1.29 is 35.5 Å². The SMILES string of the molecule is [CH2]OC/C=C(\CC)C(F)(F)C(F)(F)C(F)(F)F. The van der Waals surface area contributed by atoms with E-state index in [0.29, 0.717) is 6.08 Å². The molecule has 0 aliphatic rings. The molecule has 0 aromatic heterocycles. The van der Waals surface area contributed by atoms with E-state index in [1.807, 2.05) is 0 Å². The monoisotopic (exact) mass is 267 g/mol. The minimum absolute atomic E-state index is 0.465. The molecule has 0 bridgehead atoms. The Bertz CT molecular complexity index is 280. The Hall–Kier alpha value is -0.790. The fraction of sp³-hybridized carbons (Fsp3) is 0.667. The van der Waals surface area contributed by atoms with Crippen molar-refractivity contribution in [3.63, 3.8) is 0 Å². The van der Waals surface area contributed by atoms with Crippen LogP contribution in [0.1, 0.15) is 13.3 Å². The summed E-state index contributed by atoms with van der Waals surface area (Å²) < 4.78 is 91.0. The molecule has 0 aliphatic heterocycles. The summed E-state index contributed by atoms with van der Waals surface area (Å²) in [6.45, 7) is 0.460. The van der Waals surface area contributed by atoms with Gasteiger partial charge in [-0.1, -0.05) is 13.0 Å². The van der Waals surface area contributed by atoms with Gasteiger partial charge in [0.15, 0.2) is 0 Å². The predicted molar refractivity (Wildman–Crippen MR) is 45.6 cm³/mol. The highest BCUT2D eigenvalue weighted by Gasteiger charge is 2.73. The minimum atomic E-state index is -6.32. The predicted octanol–water partition coefficient (Wildman–Crippen LogP) is 3.96. The molecular formula is C9H10F7O. The lowest BCUT2D eigenvalue weighted by atomic mass is 9.99. The van der Waals surface area contributed by atoms with Crippen LogP contribution in [0.15, 0.2) is 11.6 Å². The maximum atomic E-state index is 13.1. The molecule has 0 amide bonds. The van der Waals surface area contributed by atoms with Gasteiger partial charge in [-0.3, -0.25) is 0 Å². The van der Waals surface area contributed by atoms with Crippen LogP contribution in [0.5, 0.6) is 0 Å². The first-order chi connectivity index (χ1) is 7.52. The van der Waals surface area contributed by atoms with Gasteiger partial charge in [0.1, 0.15) is 0 Å². The molecule has 1 radical (unpaired) electrons. The highest BCUT2D eigenvalue weighted by molar-refractivity contribution is 5.19. The molecule has 0 saturated heterocycles. The molecule has 8 heteroatoms. The van der Waals surface area contributed by atoms with E-state index in [1.165, 1.54) is 0 Å². The van der Waals surface area contributed by atoms with Crippen molar-refractivity contribution in [3.05, 3.63) is 18.8 Å². The molecule has 0 rings (SSSR count). The maximum absolute atomic E-state index is 13.1. The van der Waals surface area contributed by atoms with E-state index in [4.69, 9.17) is 0 Å². The Kier molecular flexibility index (Phi) is 5.00. The largest absolute Gasteiger partial charge is 0.460 e. The first-order valence-electron chi connectivity index (χ1n) is 4.41. The van der Waals surface area contributed by atoms with Crippen LogP contribution < -0.4 is 0 Å². The average molecular weight is 267 g/mol. The number of halogens is 7. The summed E-state index contributed by atoms with van der Waals surface area (Å²) in [7, 11) is 2.79. The van der Waals surface area contributed by atoms with E-state index in [-0.39, 0.29) is 0 Å². The summed E-state index contributed by atoms with van der Waals surface area (Å²) in [4.78, 5) is 0. The maximum Gasteiger partial charge on any atom is 0.460 e. The second-order valence-electron chi connectivity index (χ2n) is 3.10. The molecule has 0 fully saturated rings. The molecule has 0 saturated carbocycles. The van der Waals surface area contributed by atoms with Crippen molar-refractivity contribution in [1.29, 1.82) is 0 Å². The topological polar surface area (TPSA) is 9.23 Å². The molecule has 0 aliphatic carbocycles. The second kappa shape index (κ2) is 5.24. The van der Waals surface area contributed by atoms with Crippen LogP contribution in [0.25, 0.3) is 0 Å². The number of hydrogen-bond donors (Lipinski definition) is 0. The van der Waals surface area contributed by atoms with Crippen molar-refractivity contribution >= 4 is 0 Å². The molecule has 0 atom stereocenters. The van der Waals surface area contributed by atoms with E-state index in [0.717, 1.165) is 6.92 Å². The molecule has 1 nitrogen and oxygen atoms in total. The van der Waals surface area contributed by atoms with Gasteiger partial charge in [0.05, 0.1) is 13.7 Å². The van der Waals surface area contributed by atoms with Crippen LogP contribution in [-0.4, -0.2) is 24.6 Å². The summed E-state index contributed by atoms with van der Waals surface area (Å²) in [5.41, 5.74) is -1.34. The number of ether oxygens (including phenoxy) is 1. The van der Waals surface area contributed by atoms with Gasteiger partial charge in [-0.25, -0.2) is 0 Å². The molecule has 0 heterocycles. The lowest BCUT2D eigenvalue weighted by Gasteiger charge is -2.29. The summed E-state index contributed by atoms with van der Waals surface area (Å²) in [6.07, 6.45) is -6.52. The normalized spacial score (nSPS) is 15.2. The third-order valence-electron chi connectivity index (χ3n) is 1.98. The lowest BCUT2D eigenvalue weighted by molar-refractivity contribution is -0.344. The Labute approximate surface area is 93.2 Å². The number of allylic oxidation sites excluding steroid dienone is 1. The third-order valence-corrected chi connectivity index (χ3v) is 1.98. The van der Waals surface area contributed by atoms with Gasteiger partial charge >= 0.3 is 18.0 Å². The molecular weight excluding hydrogens is 257 g/mol. The zero-order valence-electron chi connectivity index (χ0n) is 8.75. The fourth-order valence-electron chi connectivity index (χ4n) is 1.03. The lowest BCUT2D eigenvalue weighted by Crippen LogP contribution is -2.52. The van der Waals surface area contributed by atoms with Gasteiger partial charge in [-0.05, 0) is 6.42 Å². The Balaban J connectivity index is 5.36. The summed E-state index contributed by atoms with van der Waals surface area (Å²) in [6, 6.07) is 0. The summed E-state index contributed by atoms with van der Waals surface area (Å²) >= 11 is 0. The minimum Gasteiger partial charge on any atom is -0.375 e. The van der Waals surface area contributed by atoms with E-state index < -0.39 is 36.6 Å². The highest BCUT2D eigenvalue weighted by atomic mass is 19.4. The van der Waals surface area contributed by atoms with Crippen molar-refractivity contribution in [1.82, 2.24) is 0 Å². The zero-order valence-corrected chi connectivity index (χ0v) is 8.75. The van der Waals surface area contributed by atoms with Gasteiger partial charge in [-0.2, -0.15) is 30.7 Å². The van der Waals surface area contributed by atoms with Crippen molar-refractivity contribution in [2.45, 2.75) is 31.4 Å². The van der Waals surface area contributed by atoms with Crippen LogP contribution in [0, 0.1) is 7.11 Å². The number of rotatable bonds is 5. The zero-order chi connectivity index (χ0) is 13.9. The molecule has 0 unspecified atom stereocenters. The number of hydrogen-bond acceptors (Lipinski definition) is 1. The molecule has 17 heavy (non-hydrogen) atoms. The van der Waals surface area contributed by atoms with Gasteiger partial charge in [0.25, 0.3) is 0 Å². The fourth-order valence-corrected chi connectivity index (χ4v) is 1.03. The van der Waals surface area contributed by atoms with Gasteiger partial charge < -0.3 is 4.74 Å². The quantitative estimate of drug-likeness (QED) is 0.541. The second-order valence-corrected chi connectivity index (χ2v) is 3.10. The molecule has 0 N–H and O–H groups in total. The number of alkyl halides is 7. The van der Waals surface area contributed by atoms with Crippen LogP contribution in [0.3, 0.4) is 0 Å². The van der Waals surface area contributed by atoms with E-state index in [2.05, 4.69) is 11.8 Å². The van der Waals surface area contributed by atoms with Crippen LogP contribution in [0.4, 0.5) is 30.7 Å². The molecule has 101 valence electrons. The van der Waals surface area contributed by atoms with Crippen molar-refractivity contribution in [2.75, 3.05) is 6.61 Å². The molecule has 0 aromatic carbocycles. The standard InChI is InChI=1S/C9H10F7O/c1-3-6(4-5-17-2)7(10,11)8(12,13)9(14,15)16/h4H,2-3,5H2,1H3/b6-4+. The Morgan fingerprint density at radius 3 is 1.88 bits per heavy atom. The van der Waals surface area contributed by atoms with Crippen LogP contribution in [0.2, 0.25) is 0 Å². The van der Waals surface area contributed by atoms with Gasteiger partial charge in [-0.15, -0.1) is 0 Å². The first-order valence-corrected chi connectivity index (χ1v) is 4.41. The van der Waals surface area contributed by atoms with E-state index in [9.17, 15) is 30.7 Å². The summed E-state index contributed by atoms with van der Waals surface area (Å²) in [5.74, 6) is -11.4. The average Bonchev–Trinajstić information content (AvgIpc) is 2.16. The Morgan fingerprint density at radius 2 is 1.59 bits per heavy atom. The third kappa shape index (κ3) is 3.11. The first kappa shape index (κ1) is 16.2. The van der Waals surface area contributed by atoms with Crippen molar-refractivity contribution in [3.8, 4) is 0 Å². The van der Waals surface area contributed by atoms with E-state index >= 15 is 0 Å².